The van der Waals surface area contributed by atoms with Crippen LogP contribution in [0.25, 0.3) is 0 Å². The Morgan fingerprint density at radius 2 is 2.27 bits per heavy atom. The summed E-state index contributed by atoms with van der Waals surface area (Å²) in [6.45, 7) is 3.27. The van der Waals surface area contributed by atoms with Gasteiger partial charge in [0.05, 0.1) is 6.10 Å². The molecule has 1 aromatic rings. The summed E-state index contributed by atoms with van der Waals surface area (Å²) in [5, 5.41) is 2.83. The number of benzene rings is 1. The average molecular weight is 369 g/mol. The van der Waals surface area contributed by atoms with Gasteiger partial charge < -0.3 is 15.0 Å². The van der Waals surface area contributed by atoms with Crippen LogP contribution in [0.15, 0.2) is 28.7 Å². The Labute approximate surface area is 139 Å². The van der Waals surface area contributed by atoms with Crippen molar-refractivity contribution in [2.75, 3.05) is 25.0 Å². The van der Waals surface area contributed by atoms with Gasteiger partial charge in [0.1, 0.15) is 0 Å². The zero-order valence-corrected chi connectivity index (χ0v) is 14.3. The summed E-state index contributed by atoms with van der Waals surface area (Å²) in [5.74, 6) is -0.123. The fraction of sp³-hybridized carbons (Fsp3) is 0.500. The van der Waals surface area contributed by atoms with Crippen LogP contribution in [-0.4, -0.2) is 42.5 Å². The number of nitrogens with one attached hydrogen (secondary N) is 1. The lowest BCUT2D eigenvalue weighted by atomic mass is 10.2. The van der Waals surface area contributed by atoms with Gasteiger partial charge >= 0.3 is 0 Å². The number of amides is 2. The van der Waals surface area contributed by atoms with Gasteiger partial charge in [0, 0.05) is 43.2 Å². The Morgan fingerprint density at radius 3 is 2.91 bits per heavy atom. The Balaban J connectivity index is 1.80. The second kappa shape index (κ2) is 8.29. The minimum Gasteiger partial charge on any atom is -0.376 e. The molecule has 6 heteroatoms. The number of carbonyl (C=O) groups excluding carboxylic acids is 2. The molecule has 1 aromatic carbocycles. The first-order valence-corrected chi connectivity index (χ1v) is 8.26. The molecule has 0 radical (unpaired) electrons. The Kier molecular flexibility index (Phi) is 6.39. The third-order valence-corrected chi connectivity index (χ3v) is 4.10. The van der Waals surface area contributed by atoms with E-state index in [1.165, 1.54) is 6.92 Å². The van der Waals surface area contributed by atoms with Crippen molar-refractivity contribution in [3.05, 3.63) is 28.7 Å². The average Bonchev–Trinajstić information content (AvgIpc) is 2.96. The molecule has 5 nitrogen and oxygen atoms in total. The Hall–Kier alpha value is -1.40. The topological polar surface area (TPSA) is 58.6 Å². The van der Waals surface area contributed by atoms with E-state index < -0.39 is 0 Å². The monoisotopic (exact) mass is 368 g/mol. The van der Waals surface area contributed by atoms with Crippen LogP contribution in [0, 0.1) is 0 Å². The van der Waals surface area contributed by atoms with Crippen molar-refractivity contribution < 1.29 is 14.3 Å². The molecule has 1 saturated heterocycles. The lowest BCUT2D eigenvalue weighted by Crippen LogP contribution is -2.37. The molecule has 0 aliphatic carbocycles. The number of hydrogen-bond donors (Lipinski definition) is 1. The normalized spacial score (nSPS) is 17.3. The number of carbonyl (C=O) groups is 2. The standard InChI is InChI=1S/C16H21BrN2O3/c1-12(20)19(11-15-6-3-9-22-15)8-7-16(21)18-14-5-2-4-13(17)10-14/h2,4-5,10,15H,3,6-9,11H2,1H3,(H,18,21). The Morgan fingerprint density at radius 1 is 1.45 bits per heavy atom. The van der Waals surface area contributed by atoms with Gasteiger partial charge in [-0.1, -0.05) is 22.0 Å². The number of halogens is 1. The summed E-state index contributed by atoms with van der Waals surface area (Å²) in [6, 6.07) is 7.43. The second-order valence-electron chi connectivity index (χ2n) is 5.41. The summed E-state index contributed by atoms with van der Waals surface area (Å²) in [7, 11) is 0. The first-order chi connectivity index (χ1) is 10.5. The zero-order valence-electron chi connectivity index (χ0n) is 12.7. The maximum Gasteiger partial charge on any atom is 0.226 e. The third kappa shape index (κ3) is 5.42. The molecule has 1 fully saturated rings. The third-order valence-electron chi connectivity index (χ3n) is 3.61. The van der Waals surface area contributed by atoms with Gasteiger partial charge in [-0.15, -0.1) is 0 Å². The van der Waals surface area contributed by atoms with Gasteiger partial charge in [0.2, 0.25) is 11.8 Å². The molecular weight excluding hydrogens is 348 g/mol. The summed E-state index contributed by atoms with van der Waals surface area (Å²) in [6.07, 6.45) is 2.41. The quantitative estimate of drug-likeness (QED) is 0.839. The first-order valence-electron chi connectivity index (χ1n) is 7.47. The molecule has 1 aliphatic heterocycles. The molecule has 0 spiro atoms. The van der Waals surface area contributed by atoms with Crippen LogP contribution in [-0.2, 0) is 14.3 Å². The van der Waals surface area contributed by atoms with Crippen LogP contribution in [0.1, 0.15) is 26.2 Å². The summed E-state index contributed by atoms with van der Waals surface area (Å²) >= 11 is 3.36. The lowest BCUT2D eigenvalue weighted by Gasteiger charge is -2.23. The molecule has 120 valence electrons. The smallest absolute Gasteiger partial charge is 0.226 e. The van der Waals surface area contributed by atoms with Gasteiger partial charge in [-0.05, 0) is 31.0 Å². The highest BCUT2D eigenvalue weighted by molar-refractivity contribution is 9.10. The maximum atomic E-state index is 12.0. The van der Waals surface area contributed by atoms with Crippen molar-refractivity contribution >= 4 is 33.4 Å². The summed E-state index contributed by atoms with van der Waals surface area (Å²) < 4.78 is 6.46. The molecule has 0 aromatic heterocycles. The van der Waals surface area contributed by atoms with E-state index in [-0.39, 0.29) is 24.3 Å². The fourth-order valence-electron chi connectivity index (χ4n) is 2.44. The predicted molar refractivity (Wildman–Crippen MR) is 88.6 cm³/mol. The molecule has 1 aliphatic rings. The van der Waals surface area contributed by atoms with Crippen LogP contribution < -0.4 is 5.32 Å². The highest BCUT2D eigenvalue weighted by Gasteiger charge is 2.21. The van der Waals surface area contributed by atoms with Crippen molar-refractivity contribution in [3.63, 3.8) is 0 Å². The highest BCUT2D eigenvalue weighted by atomic mass is 79.9. The zero-order chi connectivity index (χ0) is 15.9. The second-order valence-corrected chi connectivity index (χ2v) is 6.32. The van der Waals surface area contributed by atoms with Crippen LogP contribution >= 0.6 is 15.9 Å². The SMILES string of the molecule is CC(=O)N(CCC(=O)Nc1cccc(Br)c1)CC1CCCO1. The molecule has 0 bridgehead atoms. The first kappa shape index (κ1) is 17.0. The van der Waals surface area contributed by atoms with Crippen LogP contribution in [0.2, 0.25) is 0 Å². The molecule has 1 unspecified atom stereocenters. The van der Waals surface area contributed by atoms with Crippen molar-refractivity contribution in [1.82, 2.24) is 4.90 Å². The van der Waals surface area contributed by atoms with E-state index in [4.69, 9.17) is 4.74 Å². The molecule has 1 heterocycles. The summed E-state index contributed by atoms with van der Waals surface area (Å²) in [4.78, 5) is 25.4. The van der Waals surface area contributed by atoms with E-state index in [2.05, 4.69) is 21.2 Å². The molecule has 22 heavy (non-hydrogen) atoms. The van der Waals surface area contributed by atoms with Gasteiger partial charge in [-0.3, -0.25) is 9.59 Å². The van der Waals surface area contributed by atoms with E-state index in [1.807, 2.05) is 24.3 Å². The number of rotatable bonds is 6. The fourth-order valence-corrected chi connectivity index (χ4v) is 2.84. The summed E-state index contributed by atoms with van der Waals surface area (Å²) in [5.41, 5.74) is 0.743. The lowest BCUT2D eigenvalue weighted by molar-refractivity contribution is -0.130. The van der Waals surface area contributed by atoms with Crippen molar-refractivity contribution in [1.29, 1.82) is 0 Å². The van der Waals surface area contributed by atoms with Crippen LogP contribution in [0.4, 0.5) is 5.69 Å². The van der Waals surface area contributed by atoms with Crippen LogP contribution in [0.5, 0.6) is 0 Å². The van der Waals surface area contributed by atoms with Gasteiger partial charge in [-0.25, -0.2) is 0 Å². The molecular formula is C16H21BrN2O3. The molecule has 1 atom stereocenters. The van der Waals surface area contributed by atoms with E-state index in [0.29, 0.717) is 13.1 Å². The highest BCUT2D eigenvalue weighted by Crippen LogP contribution is 2.16. The van der Waals surface area contributed by atoms with E-state index in [9.17, 15) is 9.59 Å². The number of hydrogen-bond acceptors (Lipinski definition) is 3. The van der Waals surface area contributed by atoms with E-state index in [1.54, 1.807) is 4.90 Å². The largest absolute Gasteiger partial charge is 0.376 e. The van der Waals surface area contributed by atoms with Crippen molar-refractivity contribution in [2.45, 2.75) is 32.3 Å². The van der Waals surface area contributed by atoms with Gasteiger partial charge in [0.25, 0.3) is 0 Å². The van der Waals surface area contributed by atoms with Crippen LogP contribution in [0.3, 0.4) is 0 Å². The van der Waals surface area contributed by atoms with E-state index in [0.717, 1.165) is 29.6 Å². The maximum absolute atomic E-state index is 12.0. The van der Waals surface area contributed by atoms with Gasteiger partial charge in [0.15, 0.2) is 0 Å². The van der Waals surface area contributed by atoms with Crippen molar-refractivity contribution in [2.24, 2.45) is 0 Å². The molecule has 2 rings (SSSR count). The molecule has 2 amide bonds. The number of nitrogens with zero attached hydrogens (tertiary/aromatic N) is 1. The van der Waals surface area contributed by atoms with E-state index >= 15 is 0 Å². The minimum atomic E-state index is -0.100. The van der Waals surface area contributed by atoms with Gasteiger partial charge in [-0.2, -0.15) is 0 Å². The predicted octanol–water partition coefficient (Wildman–Crippen LogP) is 2.81. The molecule has 1 N–H and O–H groups in total. The number of anilines is 1. The molecule has 0 saturated carbocycles. The Bertz CT molecular complexity index is 530. The minimum absolute atomic E-state index is 0.0224. The number of ether oxygens (including phenoxy) is 1. The van der Waals surface area contributed by atoms with Crippen molar-refractivity contribution in [3.8, 4) is 0 Å².